The number of nitrogens with zero attached hydrogens (tertiary/aromatic N) is 1. The quantitative estimate of drug-likeness (QED) is 0.295. The minimum atomic E-state index is -1.12. The van der Waals surface area contributed by atoms with E-state index in [-0.39, 0.29) is 12.7 Å². The third-order valence-corrected chi connectivity index (χ3v) is 6.34. The summed E-state index contributed by atoms with van der Waals surface area (Å²) >= 11 is 0. The van der Waals surface area contributed by atoms with Gasteiger partial charge in [0, 0.05) is 32.7 Å². The molecule has 1 heterocycles. The van der Waals surface area contributed by atoms with Crippen LogP contribution in [0, 0.1) is 0 Å². The number of alkyl carbamates (subject to hydrolysis) is 1. The molecule has 0 spiro atoms. The standard InChI is InChI=1S/C31H44N2O7/c1-31(2,3)40-30(36)32-27(29(34)35)22-24-13-15-26(16-14-24)37-21-18-33(23-25-10-5-4-6-11-25)17-9-20-39-28-12-7-8-19-38-28/h4-6,10-11,13-16,27-28H,7-9,12,17-23H2,1-3H3,(H,32,36)(H,34,35)/t27-,28?/m0/s1. The molecule has 9 heteroatoms. The number of rotatable bonds is 15. The van der Waals surface area contributed by atoms with Gasteiger partial charge in [-0.25, -0.2) is 9.59 Å². The van der Waals surface area contributed by atoms with Crippen LogP contribution in [0.15, 0.2) is 54.6 Å². The number of carboxylic acid groups (broad SMARTS) is 1. The largest absolute Gasteiger partial charge is 0.492 e. The number of hydrogen-bond acceptors (Lipinski definition) is 7. The van der Waals surface area contributed by atoms with Gasteiger partial charge in [-0.3, -0.25) is 4.90 Å². The molecule has 2 N–H and O–H groups in total. The minimum absolute atomic E-state index is 0.0681. The van der Waals surface area contributed by atoms with Crippen LogP contribution in [0.3, 0.4) is 0 Å². The molecule has 3 rings (SSSR count). The first-order valence-electron chi connectivity index (χ1n) is 14.1. The van der Waals surface area contributed by atoms with Gasteiger partial charge in [-0.15, -0.1) is 0 Å². The first kappa shape index (κ1) is 31.4. The zero-order valence-corrected chi connectivity index (χ0v) is 24.0. The van der Waals surface area contributed by atoms with E-state index in [1.165, 1.54) is 5.56 Å². The van der Waals surface area contributed by atoms with E-state index in [1.54, 1.807) is 20.8 Å². The zero-order valence-electron chi connectivity index (χ0n) is 24.0. The van der Waals surface area contributed by atoms with Gasteiger partial charge in [-0.2, -0.15) is 0 Å². The van der Waals surface area contributed by atoms with Crippen LogP contribution in [0.5, 0.6) is 5.75 Å². The van der Waals surface area contributed by atoms with E-state index in [2.05, 4.69) is 22.3 Å². The summed E-state index contributed by atoms with van der Waals surface area (Å²) in [5.74, 6) is -0.422. The Hall–Kier alpha value is -3.14. The smallest absolute Gasteiger partial charge is 0.408 e. The summed E-state index contributed by atoms with van der Waals surface area (Å²) in [5, 5.41) is 12.0. The molecule has 2 atom stereocenters. The Labute approximate surface area is 237 Å². The average Bonchev–Trinajstić information content (AvgIpc) is 2.91. The lowest BCUT2D eigenvalue weighted by atomic mass is 10.1. The maximum absolute atomic E-state index is 12.0. The second-order valence-electron chi connectivity index (χ2n) is 11.0. The molecule has 1 aliphatic heterocycles. The van der Waals surface area contributed by atoms with E-state index < -0.39 is 23.7 Å². The Morgan fingerprint density at radius 3 is 2.42 bits per heavy atom. The van der Waals surface area contributed by atoms with Gasteiger partial charge in [0.25, 0.3) is 0 Å². The predicted octanol–water partition coefficient (Wildman–Crippen LogP) is 5.02. The molecule has 2 aromatic rings. The third-order valence-electron chi connectivity index (χ3n) is 6.34. The van der Waals surface area contributed by atoms with Crippen molar-refractivity contribution in [2.75, 3.05) is 32.9 Å². The van der Waals surface area contributed by atoms with Crippen molar-refractivity contribution in [3.05, 3.63) is 65.7 Å². The van der Waals surface area contributed by atoms with Crippen molar-refractivity contribution < 1.29 is 33.6 Å². The fraction of sp³-hybridized carbons (Fsp3) is 0.548. The molecule has 1 unspecified atom stereocenters. The fourth-order valence-electron chi connectivity index (χ4n) is 4.36. The molecular formula is C31H44N2O7. The Balaban J connectivity index is 1.46. The van der Waals surface area contributed by atoms with Crippen LogP contribution in [-0.2, 0) is 32.0 Å². The minimum Gasteiger partial charge on any atom is -0.492 e. The summed E-state index contributed by atoms with van der Waals surface area (Å²) in [6.07, 6.45) is 3.46. The number of carbonyl (C=O) groups excluding carboxylic acids is 1. The molecule has 2 aromatic carbocycles. The van der Waals surface area contributed by atoms with Crippen molar-refractivity contribution in [3.63, 3.8) is 0 Å². The number of hydrogen-bond donors (Lipinski definition) is 2. The molecule has 1 fully saturated rings. The Kier molecular flexibility index (Phi) is 12.7. The van der Waals surface area contributed by atoms with Gasteiger partial charge in [0.15, 0.2) is 6.29 Å². The first-order valence-corrected chi connectivity index (χ1v) is 14.1. The number of aliphatic carboxylic acids is 1. The molecule has 0 bridgehead atoms. The molecule has 1 amide bonds. The fourth-order valence-corrected chi connectivity index (χ4v) is 4.36. The Morgan fingerprint density at radius 2 is 1.77 bits per heavy atom. The molecule has 0 saturated carbocycles. The van der Waals surface area contributed by atoms with E-state index >= 15 is 0 Å². The molecule has 0 radical (unpaired) electrons. The lowest BCUT2D eigenvalue weighted by Crippen LogP contribution is -2.44. The van der Waals surface area contributed by atoms with Gasteiger partial charge in [0.05, 0.1) is 6.61 Å². The summed E-state index contributed by atoms with van der Waals surface area (Å²) in [6, 6.07) is 16.5. The van der Waals surface area contributed by atoms with Crippen molar-refractivity contribution in [2.24, 2.45) is 0 Å². The number of carboxylic acids is 1. The third kappa shape index (κ3) is 12.4. The highest BCUT2D eigenvalue weighted by Gasteiger charge is 2.24. The van der Waals surface area contributed by atoms with Crippen molar-refractivity contribution >= 4 is 12.1 Å². The topological polar surface area (TPSA) is 107 Å². The first-order chi connectivity index (χ1) is 19.2. The van der Waals surface area contributed by atoms with E-state index in [1.807, 2.05) is 42.5 Å². The zero-order chi connectivity index (χ0) is 28.8. The van der Waals surface area contributed by atoms with Gasteiger partial charge < -0.3 is 29.4 Å². The molecule has 9 nitrogen and oxygen atoms in total. The van der Waals surface area contributed by atoms with Crippen LogP contribution < -0.4 is 10.1 Å². The lowest BCUT2D eigenvalue weighted by Gasteiger charge is -2.25. The molecule has 1 aliphatic rings. The van der Waals surface area contributed by atoms with Crippen LogP contribution in [0.4, 0.5) is 4.79 Å². The SMILES string of the molecule is CC(C)(C)OC(=O)N[C@@H](Cc1ccc(OCCN(CCCOC2CCCCO2)Cc2ccccc2)cc1)C(=O)O. The summed E-state index contributed by atoms with van der Waals surface area (Å²) in [4.78, 5) is 26.1. The van der Waals surface area contributed by atoms with Gasteiger partial charge in [-0.1, -0.05) is 42.5 Å². The summed E-state index contributed by atoms with van der Waals surface area (Å²) in [5.41, 5.74) is 1.31. The second-order valence-corrected chi connectivity index (χ2v) is 11.0. The molecule has 220 valence electrons. The number of benzene rings is 2. The maximum Gasteiger partial charge on any atom is 0.408 e. The van der Waals surface area contributed by atoms with E-state index in [0.29, 0.717) is 19.0 Å². The number of nitrogens with one attached hydrogen (secondary N) is 1. The monoisotopic (exact) mass is 556 g/mol. The van der Waals surface area contributed by atoms with E-state index in [0.717, 1.165) is 57.5 Å². The maximum atomic E-state index is 12.0. The van der Waals surface area contributed by atoms with E-state index in [4.69, 9.17) is 18.9 Å². The van der Waals surface area contributed by atoms with Crippen molar-refractivity contribution in [3.8, 4) is 5.75 Å². The van der Waals surface area contributed by atoms with Crippen molar-refractivity contribution in [2.45, 2.75) is 77.4 Å². The molecule has 1 saturated heterocycles. The predicted molar refractivity (Wildman–Crippen MR) is 152 cm³/mol. The van der Waals surface area contributed by atoms with E-state index in [9.17, 15) is 14.7 Å². The average molecular weight is 557 g/mol. The number of ether oxygens (including phenoxy) is 4. The summed E-state index contributed by atoms with van der Waals surface area (Å²) < 4.78 is 22.8. The van der Waals surface area contributed by atoms with Gasteiger partial charge in [0.2, 0.25) is 0 Å². The Morgan fingerprint density at radius 1 is 1.02 bits per heavy atom. The normalized spacial score (nSPS) is 16.4. The van der Waals surface area contributed by atoms with Gasteiger partial charge in [-0.05, 0) is 69.7 Å². The van der Waals surface area contributed by atoms with Crippen LogP contribution in [0.2, 0.25) is 0 Å². The van der Waals surface area contributed by atoms with Gasteiger partial charge in [0.1, 0.15) is 24.0 Å². The van der Waals surface area contributed by atoms with Crippen molar-refractivity contribution in [1.82, 2.24) is 10.2 Å². The second kappa shape index (κ2) is 16.2. The molecule has 0 aromatic heterocycles. The lowest BCUT2D eigenvalue weighted by molar-refractivity contribution is -0.163. The highest BCUT2D eigenvalue weighted by atomic mass is 16.7. The van der Waals surface area contributed by atoms with Crippen LogP contribution in [0.25, 0.3) is 0 Å². The van der Waals surface area contributed by atoms with Crippen LogP contribution in [-0.4, -0.2) is 72.9 Å². The van der Waals surface area contributed by atoms with Crippen molar-refractivity contribution in [1.29, 1.82) is 0 Å². The summed E-state index contributed by atoms with van der Waals surface area (Å²) in [6.45, 7) is 9.59. The highest BCUT2D eigenvalue weighted by molar-refractivity contribution is 5.80. The summed E-state index contributed by atoms with van der Waals surface area (Å²) in [7, 11) is 0. The van der Waals surface area contributed by atoms with Crippen LogP contribution in [0.1, 0.15) is 57.6 Å². The molecule has 40 heavy (non-hydrogen) atoms. The molecular weight excluding hydrogens is 512 g/mol. The van der Waals surface area contributed by atoms with Gasteiger partial charge >= 0.3 is 12.1 Å². The highest BCUT2D eigenvalue weighted by Crippen LogP contribution is 2.16. The number of carbonyl (C=O) groups is 2. The number of amides is 1. The molecule has 0 aliphatic carbocycles. The Bertz CT molecular complexity index is 1020. The van der Waals surface area contributed by atoms with Crippen LogP contribution >= 0.6 is 0 Å².